The van der Waals surface area contributed by atoms with Crippen molar-refractivity contribution in [1.82, 2.24) is 0 Å². The molecule has 0 aromatic heterocycles. The van der Waals surface area contributed by atoms with Crippen LogP contribution in [0.25, 0.3) is 0 Å². The molecule has 0 aromatic carbocycles. The normalized spacial score (nSPS) is 44.3. The number of ether oxygens (including phenoxy) is 4. The summed E-state index contributed by atoms with van der Waals surface area (Å²) in [6.45, 7) is 1.22. The summed E-state index contributed by atoms with van der Waals surface area (Å²) in [5, 5.41) is 39.1. The fraction of sp³-hybridized carbons (Fsp3) is 0.765. The molecule has 1 aliphatic carbocycles. The molecule has 2 heterocycles. The van der Waals surface area contributed by atoms with E-state index in [0.717, 1.165) is 6.26 Å². The lowest BCUT2D eigenvalue weighted by Crippen LogP contribution is -2.60. The van der Waals surface area contributed by atoms with Gasteiger partial charge in [-0.15, -0.1) is 0 Å². The van der Waals surface area contributed by atoms with Crippen LogP contribution in [0.1, 0.15) is 13.3 Å². The topological polar surface area (TPSA) is 152 Å². The molecular weight excluding hydrogens is 364 g/mol. The van der Waals surface area contributed by atoms with Crippen LogP contribution in [0, 0.1) is 17.8 Å². The van der Waals surface area contributed by atoms with Crippen LogP contribution in [-0.2, 0) is 28.5 Å². The highest BCUT2D eigenvalue weighted by atomic mass is 16.8. The van der Waals surface area contributed by atoms with Crippen molar-refractivity contribution in [2.75, 3.05) is 13.7 Å². The second-order valence-corrected chi connectivity index (χ2v) is 7.11. The Morgan fingerprint density at radius 3 is 2.56 bits per heavy atom. The second kappa shape index (κ2) is 7.82. The number of aliphatic hydroxyl groups excluding tert-OH is 4. The van der Waals surface area contributed by atoms with Gasteiger partial charge in [0, 0.05) is 12.3 Å². The first-order valence-corrected chi connectivity index (χ1v) is 8.72. The second-order valence-electron chi connectivity index (χ2n) is 7.11. The number of hydrogen-bond acceptors (Lipinski definition) is 10. The third kappa shape index (κ3) is 3.48. The summed E-state index contributed by atoms with van der Waals surface area (Å²) in [6, 6.07) is 0. The van der Waals surface area contributed by atoms with E-state index in [1.807, 2.05) is 6.92 Å². The molecule has 0 spiro atoms. The quantitative estimate of drug-likeness (QED) is 0.400. The molecular formula is C17H24O10. The van der Waals surface area contributed by atoms with E-state index in [2.05, 4.69) is 0 Å². The van der Waals surface area contributed by atoms with Gasteiger partial charge >= 0.3 is 5.97 Å². The monoisotopic (exact) mass is 388 g/mol. The zero-order valence-corrected chi connectivity index (χ0v) is 14.9. The number of fused-ring (bicyclic) bond motifs is 1. The Hall–Kier alpha value is -1.56. The zero-order chi connectivity index (χ0) is 19.9. The minimum Gasteiger partial charge on any atom is -0.472 e. The molecule has 0 radical (unpaired) electrons. The number of hydrogen-bond donors (Lipinski definition) is 4. The van der Waals surface area contributed by atoms with E-state index in [1.165, 1.54) is 7.11 Å². The Morgan fingerprint density at radius 2 is 1.93 bits per heavy atom. The highest BCUT2D eigenvalue weighted by Gasteiger charge is 2.54. The highest BCUT2D eigenvalue weighted by molar-refractivity contribution is 5.99. The van der Waals surface area contributed by atoms with Gasteiger partial charge in [-0.2, -0.15) is 0 Å². The molecule has 27 heavy (non-hydrogen) atoms. The number of Topliss-reactive ketones (excluding diaryl/α,β-unsaturated/α-hetero) is 1. The lowest BCUT2D eigenvalue weighted by atomic mass is 9.83. The van der Waals surface area contributed by atoms with E-state index >= 15 is 0 Å². The predicted molar refractivity (Wildman–Crippen MR) is 85.6 cm³/mol. The van der Waals surface area contributed by atoms with Crippen molar-refractivity contribution in [3.8, 4) is 0 Å². The molecule has 0 bridgehead atoms. The van der Waals surface area contributed by atoms with Crippen LogP contribution < -0.4 is 0 Å². The summed E-state index contributed by atoms with van der Waals surface area (Å²) in [7, 11) is 1.21. The average Bonchev–Trinajstić information content (AvgIpc) is 2.96. The Kier molecular flexibility index (Phi) is 5.84. The van der Waals surface area contributed by atoms with Crippen molar-refractivity contribution < 1.29 is 49.0 Å². The summed E-state index contributed by atoms with van der Waals surface area (Å²) in [5.74, 6) is -2.28. The molecule has 152 valence electrons. The lowest BCUT2D eigenvalue weighted by molar-refractivity contribution is -0.342. The molecule has 2 aliphatic heterocycles. The van der Waals surface area contributed by atoms with Gasteiger partial charge in [0.25, 0.3) is 0 Å². The summed E-state index contributed by atoms with van der Waals surface area (Å²) in [6.07, 6.45) is -6.93. The van der Waals surface area contributed by atoms with E-state index in [4.69, 9.17) is 18.9 Å². The maximum Gasteiger partial charge on any atom is 0.337 e. The molecule has 0 aromatic rings. The summed E-state index contributed by atoms with van der Waals surface area (Å²) in [5.41, 5.74) is 0.102. The van der Waals surface area contributed by atoms with Gasteiger partial charge < -0.3 is 39.4 Å². The fourth-order valence-corrected chi connectivity index (χ4v) is 3.96. The SMILES string of the molecule is COC(=O)C1=CO[C@H](O[C@H]2O[C@@H](CO)[C@H](O)[C@@H](O)[C@H]2O)[C@@H]2[C@H]1C(=O)C[C@H]2C. The molecule has 0 amide bonds. The van der Waals surface area contributed by atoms with Crippen molar-refractivity contribution in [1.29, 1.82) is 0 Å². The molecule has 0 unspecified atom stereocenters. The van der Waals surface area contributed by atoms with Crippen LogP contribution in [0.4, 0.5) is 0 Å². The zero-order valence-electron chi connectivity index (χ0n) is 14.9. The van der Waals surface area contributed by atoms with E-state index < -0.39 is 61.4 Å². The number of rotatable bonds is 4. The molecule has 1 saturated carbocycles. The highest BCUT2D eigenvalue weighted by Crippen LogP contribution is 2.45. The molecule has 10 nitrogen and oxygen atoms in total. The van der Waals surface area contributed by atoms with E-state index in [0.29, 0.717) is 0 Å². The van der Waals surface area contributed by atoms with Gasteiger partial charge in [-0.1, -0.05) is 6.92 Å². The van der Waals surface area contributed by atoms with Crippen LogP contribution >= 0.6 is 0 Å². The van der Waals surface area contributed by atoms with Crippen LogP contribution in [0.15, 0.2) is 11.8 Å². The smallest absolute Gasteiger partial charge is 0.337 e. The molecule has 2 fully saturated rings. The van der Waals surface area contributed by atoms with Crippen molar-refractivity contribution >= 4 is 11.8 Å². The summed E-state index contributed by atoms with van der Waals surface area (Å²) in [4.78, 5) is 24.4. The largest absolute Gasteiger partial charge is 0.472 e. The first kappa shape index (κ1) is 20.2. The Bertz CT molecular complexity index is 617. The third-order valence-electron chi connectivity index (χ3n) is 5.43. The van der Waals surface area contributed by atoms with Gasteiger partial charge in [0.15, 0.2) is 6.29 Å². The van der Waals surface area contributed by atoms with Gasteiger partial charge in [-0.05, 0) is 5.92 Å². The molecule has 3 aliphatic rings. The van der Waals surface area contributed by atoms with Gasteiger partial charge in [0.1, 0.15) is 30.2 Å². The summed E-state index contributed by atoms with van der Waals surface area (Å²) >= 11 is 0. The van der Waals surface area contributed by atoms with Crippen LogP contribution in [0.2, 0.25) is 0 Å². The van der Waals surface area contributed by atoms with Crippen LogP contribution in [0.5, 0.6) is 0 Å². The van der Waals surface area contributed by atoms with E-state index in [9.17, 15) is 30.0 Å². The molecule has 1 saturated heterocycles. The van der Waals surface area contributed by atoms with Gasteiger partial charge in [-0.3, -0.25) is 4.79 Å². The minimum atomic E-state index is -1.59. The Labute approximate surface area is 155 Å². The first-order chi connectivity index (χ1) is 12.8. The standard InChI is InChI=1S/C17H24O10/c1-6-3-8(19)11-7(15(23)24-2)5-25-16(10(6)11)27-17-14(22)13(21)12(20)9(4-18)26-17/h5-6,9-14,16-18,20-22H,3-4H2,1-2H3/t6-,9+,10+,11-,12+,13-,14-,16-,17-/m1/s1. The number of carbonyl (C=O) groups excluding carboxylic acids is 2. The average molecular weight is 388 g/mol. The van der Waals surface area contributed by atoms with E-state index in [1.54, 1.807) is 0 Å². The number of esters is 1. The third-order valence-corrected chi connectivity index (χ3v) is 5.43. The summed E-state index contributed by atoms with van der Waals surface area (Å²) < 4.78 is 21.2. The fourth-order valence-electron chi connectivity index (χ4n) is 3.96. The molecule has 10 heteroatoms. The Balaban J connectivity index is 1.82. The number of ketones is 1. The first-order valence-electron chi connectivity index (χ1n) is 8.72. The van der Waals surface area contributed by atoms with Crippen molar-refractivity contribution in [2.45, 2.75) is 50.3 Å². The van der Waals surface area contributed by atoms with Crippen LogP contribution in [-0.4, -0.2) is 82.9 Å². The molecule has 3 rings (SSSR count). The number of aliphatic hydroxyl groups is 4. The number of carbonyl (C=O) groups is 2. The minimum absolute atomic E-state index is 0.102. The van der Waals surface area contributed by atoms with Crippen molar-refractivity contribution in [3.63, 3.8) is 0 Å². The maximum absolute atomic E-state index is 12.4. The molecule has 9 atom stereocenters. The van der Waals surface area contributed by atoms with Gasteiger partial charge in [-0.25, -0.2) is 4.79 Å². The lowest BCUT2D eigenvalue weighted by Gasteiger charge is -2.42. The molecule has 4 N–H and O–H groups in total. The van der Waals surface area contributed by atoms with Crippen molar-refractivity contribution in [3.05, 3.63) is 11.8 Å². The van der Waals surface area contributed by atoms with Gasteiger partial charge in [0.05, 0.1) is 31.5 Å². The maximum atomic E-state index is 12.4. The predicted octanol–water partition coefficient (Wildman–Crippen LogP) is -1.94. The van der Waals surface area contributed by atoms with Crippen LogP contribution in [0.3, 0.4) is 0 Å². The van der Waals surface area contributed by atoms with E-state index in [-0.39, 0.29) is 23.7 Å². The number of methoxy groups -OCH3 is 1. The van der Waals surface area contributed by atoms with Crippen molar-refractivity contribution in [2.24, 2.45) is 17.8 Å². The Morgan fingerprint density at radius 1 is 1.22 bits per heavy atom. The van der Waals surface area contributed by atoms with Gasteiger partial charge in [0.2, 0.25) is 6.29 Å².